The summed E-state index contributed by atoms with van der Waals surface area (Å²) < 4.78 is 26.7. The maximum Gasteiger partial charge on any atom is 0.245 e. The summed E-state index contributed by atoms with van der Waals surface area (Å²) in [5.41, 5.74) is 5.49. The summed E-state index contributed by atoms with van der Waals surface area (Å²) in [6, 6.07) is 3.06. The van der Waals surface area contributed by atoms with Crippen molar-refractivity contribution in [3.05, 3.63) is 24.5 Å². The molecule has 1 unspecified atom stereocenters. The van der Waals surface area contributed by atoms with Crippen molar-refractivity contribution < 1.29 is 8.42 Å². The van der Waals surface area contributed by atoms with Gasteiger partial charge in [0, 0.05) is 30.5 Å². The number of sulfonamides is 1. The SMILES string of the molecule is CC1(C)C(N)CCCN1S(=O)(=O)c1cccnc1. The van der Waals surface area contributed by atoms with Gasteiger partial charge in [0.2, 0.25) is 10.0 Å². The molecule has 0 bridgehead atoms. The van der Waals surface area contributed by atoms with Gasteiger partial charge in [-0.15, -0.1) is 0 Å². The molecule has 1 aromatic rings. The highest BCUT2D eigenvalue weighted by atomic mass is 32.2. The van der Waals surface area contributed by atoms with E-state index in [1.807, 2.05) is 13.8 Å². The van der Waals surface area contributed by atoms with E-state index >= 15 is 0 Å². The van der Waals surface area contributed by atoms with E-state index in [1.165, 1.54) is 10.5 Å². The van der Waals surface area contributed by atoms with Crippen molar-refractivity contribution in [3.8, 4) is 0 Å². The summed E-state index contributed by atoms with van der Waals surface area (Å²) in [5.74, 6) is 0. The molecule has 1 aliphatic heterocycles. The number of aromatic nitrogens is 1. The number of pyridine rings is 1. The molecule has 2 rings (SSSR count). The molecule has 1 fully saturated rings. The first kappa shape index (κ1) is 13.5. The molecule has 1 saturated heterocycles. The van der Waals surface area contributed by atoms with Crippen molar-refractivity contribution in [2.75, 3.05) is 6.54 Å². The van der Waals surface area contributed by atoms with Crippen molar-refractivity contribution in [3.63, 3.8) is 0 Å². The van der Waals surface area contributed by atoms with Crippen LogP contribution in [0.15, 0.2) is 29.4 Å². The Morgan fingerprint density at radius 1 is 1.50 bits per heavy atom. The van der Waals surface area contributed by atoms with Gasteiger partial charge in [0.15, 0.2) is 0 Å². The van der Waals surface area contributed by atoms with E-state index < -0.39 is 15.6 Å². The maximum absolute atomic E-state index is 12.6. The van der Waals surface area contributed by atoms with Gasteiger partial charge in [0.25, 0.3) is 0 Å². The van der Waals surface area contributed by atoms with Crippen LogP contribution in [0.1, 0.15) is 26.7 Å². The van der Waals surface area contributed by atoms with Crippen LogP contribution in [0.3, 0.4) is 0 Å². The highest BCUT2D eigenvalue weighted by Gasteiger charge is 2.43. The van der Waals surface area contributed by atoms with E-state index in [2.05, 4.69) is 4.98 Å². The smallest absolute Gasteiger partial charge is 0.245 e. The lowest BCUT2D eigenvalue weighted by Crippen LogP contribution is -2.61. The summed E-state index contributed by atoms with van der Waals surface area (Å²) in [6.45, 7) is 4.27. The fraction of sp³-hybridized carbons (Fsp3) is 0.583. The molecule has 0 saturated carbocycles. The Balaban J connectivity index is 2.42. The minimum Gasteiger partial charge on any atom is -0.326 e. The van der Waals surface area contributed by atoms with Crippen LogP contribution < -0.4 is 5.73 Å². The third-order valence-corrected chi connectivity index (χ3v) is 5.72. The molecule has 2 N–H and O–H groups in total. The molecule has 6 heteroatoms. The fourth-order valence-corrected chi connectivity index (χ4v) is 4.16. The highest BCUT2D eigenvalue weighted by Crippen LogP contribution is 2.31. The lowest BCUT2D eigenvalue weighted by Gasteiger charge is -2.45. The predicted octanol–water partition coefficient (Wildman–Crippen LogP) is 0.972. The number of hydrogen-bond acceptors (Lipinski definition) is 4. The quantitative estimate of drug-likeness (QED) is 0.868. The summed E-state index contributed by atoms with van der Waals surface area (Å²) in [6.07, 6.45) is 4.59. The second kappa shape index (κ2) is 4.60. The zero-order valence-corrected chi connectivity index (χ0v) is 11.5. The fourth-order valence-electron chi connectivity index (χ4n) is 2.34. The zero-order chi connectivity index (χ0) is 13.4. The van der Waals surface area contributed by atoms with Crippen molar-refractivity contribution >= 4 is 10.0 Å². The molecule has 100 valence electrons. The minimum atomic E-state index is -3.51. The molecule has 0 amide bonds. The Kier molecular flexibility index (Phi) is 3.44. The molecule has 1 aliphatic rings. The molecule has 1 atom stereocenters. The van der Waals surface area contributed by atoms with Crippen LogP contribution in [0.4, 0.5) is 0 Å². The highest BCUT2D eigenvalue weighted by molar-refractivity contribution is 7.89. The van der Waals surface area contributed by atoms with Gasteiger partial charge in [0.1, 0.15) is 4.90 Å². The van der Waals surface area contributed by atoms with E-state index in [1.54, 1.807) is 18.3 Å². The number of nitrogens with zero attached hydrogens (tertiary/aromatic N) is 2. The minimum absolute atomic E-state index is 0.141. The topological polar surface area (TPSA) is 76.3 Å². The van der Waals surface area contributed by atoms with E-state index in [0.717, 1.165) is 12.8 Å². The van der Waals surface area contributed by atoms with Gasteiger partial charge in [-0.05, 0) is 38.8 Å². The van der Waals surface area contributed by atoms with Gasteiger partial charge in [0.05, 0.1) is 0 Å². The van der Waals surface area contributed by atoms with Crippen molar-refractivity contribution in [1.82, 2.24) is 9.29 Å². The lowest BCUT2D eigenvalue weighted by atomic mass is 9.88. The number of nitrogens with two attached hydrogens (primary N) is 1. The molecule has 18 heavy (non-hydrogen) atoms. The van der Waals surface area contributed by atoms with Gasteiger partial charge < -0.3 is 5.73 Å². The maximum atomic E-state index is 12.6. The van der Waals surface area contributed by atoms with Gasteiger partial charge in [-0.2, -0.15) is 4.31 Å². The summed E-state index contributed by atoms with van der Waals surface area (Å²) in [5, 5.41) is 0. The van der Waals surface area contributed by atoms with E-state index in [-0.39, 0.29) is 10.9 Å². The van der Waals surface area contributed by atoms with E-state index in [4.69, 9.17) is 5.73 Å². The molecule has 0 aliphatic carbocycles. The van der Waals surface area contributed by atoms with Crippen LogP contribution in [0.25, 0.3) is 0 Å². The van der Waals surface area contributed by atoms with Crippen LogP contribution in [0.5, 0.6) is 0 Å². The third-order valence-electron chi connectivity index (χ3n) is 3.65. The van der Waals surface area contributed by atoms with Crippen molar-refractivity contribution in [2.45, 2.75) is 43.2 Å². The molecule has 0 radical (unpaired) electrons. The first-order valence-electron chi connectivity index (χ1n) is 6.05. The molecule has 2 heterocycles. The van der Waals surface area contributed by atoms with Crippen LogP contribution >= 0.6 is 0 Å². The number of hydrogen-bond donors (Lipinski definition) is 1. The predicted molar refractivity (Wildman–Crippen MR) is 69.4 cm³/mol. The van der Waals surface area contributed by atoms with Gasteiger partial charge in [-0.1, -0.05) is 0 Å². The molecule has 1 aromatic heterocycles. The second-order valence-electron chi connectivity index (χ2n) is 5.17. The first-order valence-corrected chi connectivity index (χ1v) is 7.49. The number of rotatable bonds is 2. The Bertz CT molecular complexity index is 513. The number of piperidine rings is 1. The molecule has 5 nitrogen and oxygen atoms in total. The Morgan fingerprint density at radius 2 is 2.22 bits per heavy atom. The van der Waals surface area contributed by atoms with Crippen LogP contribution in [-0.4, -0.2) is 35.8 Å². The van der Waals surface area contributed by atoms with Crippen molar-refractivity contribution in [2.24, 2.45) is 5.73 Å². The van der Waals surface area contributed by atoms with Gasteiger partial charge in [-0.25, -0.2) is 8.42 Å². The van der Waals surface area contributed by atoms with Crippen molar-refractivity contribution in [1.29, 1.82) is 0 Å². The molecular formula is C12H19N3O2S. The van der Waals surface area contributed by atoms with E-state index in [9.17, 15) is 8.42 Å². The second-order valence-corrected chi connectivity index (χ2v) is 7.03. The summed E-state index contributed by atoms with van der Waals surface area (Å²) in [4.78, 5) is 4.10. The molecule has 0 spiro atoms. The Morgan fingerprint density at radius 3 is 2.83 bits per heavy atom. The Hall–Kier alpha value is -0.980. The average molecular weight is 269 g/mol. The van der Waals surface area contributed by atoms with Crippen LogP contribution in [0.2, 0.25) is 0 Å². The average Bonchev–Trinajstić information content (AvgIpc) is 2.33. The summed E-state index contributed by atoms with van der Waals surface area (Å²) >= 11 is 0. The zero-order valence-electron chi connectivity index (χ0n) is 10.7. The standard InChI is InChI=1S/C12H19N3O2S/c1-12(2)11(13)6-4-8-15(12)18(16,17)10-5-3-7-14-9-10/h3,5,7,9,11H,4,6,8,13H2,1-2H3. The Labute approximate surface area is 108 Å². The normalized spacial score (nSPS) is 24.9. The summed E-state index contributed by atoms with van der Waals surface area (Å²) in [7, 11) is -3.51. The third kappa shape index (κ3) is 2.15. The molecular weight excluding hydrogens is 250 g/mol. The first-order chi connectivity index (χ1) is 8.37. The van der Waals surface area contributed by atoms with E-state index in [0.29, 0.717) is 6.54 Å². The monoisotopic (exact) mass is 269 g/mol. The molecule has 0 aromatic carbocycles. The van der Waals surface area contributed by atoms with Crippen LogP contribution in [0, 0.1) is 0 Å². The van der Waals surface area contributed by atoms with Gasteiger partial charge >= 0.3 is 0 Å². The van der Waals surface area contributed by atoms with Crippen LogP contribution in [-0.2, 0) is 10.0 Å². The largest absolute Gasteiger partial charge is 0.326 e. The lowest BCUT2D eigenvalue weighted by molar-refractivity contribution is 0.142. The van der Waals surface area contributed by atoms with Gasteiger partial charge in [-0.3, -0.25) is 4.98 Å².